The zero-order valence-electron chi connectivity index (χ0n) is 9.52. The van der Waals surface area contributed by atoms with E-state index < -0.39 is 0 Å². The van der Waals surface area contributed by atoms with Crippen molar-refractivity contribution in [2.24, 2.45) is 0 Å². The van der Waals surface area contributed by atoms with Gasteiger partial charge in [0.25, 0.3) is 0 Å². The molecule has 0 radical (unpaired) electrons. The van der Waals surface area contributed by atoms with Gasteiger partial charge in [-0.2, -0.15) is 0 Å². The fourth-order valence-electron chi connectivity index (χ4n) is 1.49. The molecule has 0 N–H and O–H groups in total. The lowest BCUT2D eigenvalue weighted by Gasteiger charge is -2.11. The van der Waals surface area contributed by atoms with E-state index >= 15 is 0 Å². The van der Waals surface area contributed by atoms with Crippen molar-refractivity contribution in [3.8, 4) is 5.75 Å². The number of carbonyl (C=O) groups excluding carboxylic acids is 1. The van der Waals surface area contributed by atoms with Crippen LogP contribution in [0.1, 0.15) is 5.56 Å². The number of halogens is 1. The number of para-hydroxylation sites is 1. The molecule has 0 spiro atoms. The van der Waals surface area contributed by atoms with Crippen molar-refractivity contribution < 1.29 is 9.53 Å². The lowest BCUT2D eigenvalue weighted by atomic mass is 10.1. The molecule has 1 heterocycles. The average Bonchev–Trinajstić information content (AvgIpc) is 2.38. The van der Waals surface area contributed by atoms with Gasteiger partial charge in [0.05, 0.1) is 0 Å². The van der Waals surface area contributed by atoms with E-state index in [0.717, 1.165) is 28.7 Å². The van der Waals surface area contributed by atoms with Crippen LogP contribution in [0.4, 0.5) is 0 Å². The van der Waals surface area contributed by atoms with Crippen molar-refractivity contribution in [3.05, 3.63) is 51.1 Å². The molecule has 1 aromatic carbocycles. The molecule has 0 amide bonds. The molecule has 88 valence electrons. The smallest absolute Gasteiger partial charge is 0.150 e. The maximum atomic E-state index is 10.9. The van der Waals surface area contributed by atoms with Gasteiger partial charge in [0.2, 0.25) is 0 Å². The maximum Gasteiger partial charge on any atom is 0.150 e. The zero-order valence-corrected chi connectivity index (χ0v) is 11.7. The highest BCUT2D eigenvalue weighted by atomic mass is 127. The third-order valence-corrected chi connectivity index (χ3v) is 4.37. The summed E-state index contributed by atoms with van der Waals surface area (Å²) < 4.78 is 9.97. The maximum absolute atomic E-state index is 10.9. The van der Waals surface area contributed by atoms with Crippen molar-refractivity contribution in [1.29, 1.82) is 0 Å². The van der Waals surface area contributed by atoms with Crippen LogP contribution in [0.15, 0.2) is 45.6 Å². The van der Waals surface area contributed by atoms with Crippen molar-refractivity contribution in [2.75, 3.05) is 6.61 Å². The molecule has 17 heavy (non-hydrogen) atoms. The van der Waals surface area contributed by atoms with Crippen LogP contribution in [0.3, 0.4) is 0 Å². The number of aldehydes is 1. The molecule has 1 aromatic rings. The summed E-state index contributed by atoms with van der Waals surface area (Å²) in [5.74, 6) is 0.881. The number of rotatable bonds is 4. The first-order valence-corrected chi connectivity index (χ1v) is 7.79. The van der Waals surface area contributed by atoms with E-state index in [9.17, 15) is 4.79 Å². The summed E-state index contributed by atoms with van der Waals surface area (Å²) in [4.78, 5) is 10.9. The van der Waals surface area contributed by atoms with Crippen LogP contribution in [-0.2, 0) is 4.79 Å². The normalized spacial score (nSPS) is 14.4. The minimum Gasteiger partial charge on any atom is -0.489 e. The number of aryl methyl sites for hydroxylation is 1. The molecular formula is C14H13IO2. The van der Waals surface area contributed by atoms with E-state index in [1.54, 1.807) is 0 Å². The highest BCUT2D eigenvalue weighted by molar-refractivity contribution is 14.2. The Bertz CT molecular complexity index is 513. The van der Waals surface area contributed by atoms with Crippen LogP contribution >= 0.6 is 20.7 Å². The second kappa shape index (κ2) is 5.91. The summed E-state index contributed by atoms with van der Waals surface area (Å²) in [5, 5.41) is 0. The van der Waals surface area contributed by atoms with Crippen LogP contribution < -0.4 is 4.74 Å². The molecule has 0 unspecified atom stereocenters. The van der Waals surface area contributed by atoms with Crippen LogP contribution in [-0.4, -0.2) is 16.9 Å². The van der Waals surface area contributed by atoms with E-state index in [4.69, 9.17) is 4.74 Å². The molecular weight excluding hydrogens is 327 g/mol. The summed E-state index contributed by atoms with van der Waals surface area (Å²) in [7, 11) is 0. The van der Waals surface area contributed by atoms with Gasteiger partial charge in [-0.1, -0.05) is 38.9 Å². The number of carbonyl (C=O) groups is 1. The monoisotopic (exact) mass is 340 g/mol. The zero-order chi connectivity index (χ0) is 12.1. The third kappa shape index (κ3) is 3.12. The summed E-state index contributed by atoms with van der Waals surface area (Å²) in [6.45, 7) is 2.49. The first-order chi connectivity index (χ1) is 8.31. The largest absolute Gasteiger partial charge is 0.489 e. The number of allylic oxidation sites excluding steroid dienone is 2. The molecule has 0 aromatic heterocycles. The molecule has 2 nitrogen and oxygen atoms in total. The molecule has 0 fully saturated rings. The van der Waals surface area contributed by atoms with Gasteiger partial charge in [-0.15, -0.1) is 0 Å². The molecule has 1 aliphatic heterocycles. The quantitative estimate of drug-likeness (QED) is 0.622. The Balaban J connectivity index is 2.11. The molecule has 0 saturated carbocycles. The van der Waals surface area contributed by atoms with Crippen molar-refractivity contribution in [3.63, 3.8) is 0 Å². The first kappa shape index (κ1) is 12.2. The van der Waals surface area contributed by atoms with Crippen LogP contribution in [0.2, 0.25) is 0 Å². The Morgan fingerprint density at radius 3 is 2.94 bits per heavy atom. The van der Waals surface area contributed by atoms with Crippen molar-refractivity contribution >= 4 is 31.0 Å². The lowest BCUT2D eigenvalue weighted by molar-refractivity contribution is -0.104. The van der Waals surface area contributed by atoms with E-state index in [1.807, 2.05) is 37.3 Å². The third-order valence-electron chi connectivity index (χ3n) is 2.48. The Hall–Kier alpha value is -1.23. The number of hydrogen-bond donors (Lipinski definition) is 0. The number of ether oxygens (including phenoxy) is 1. The first-order valence-electron chi connectivity index (χ1n) is 5.30. The number of benzene rings is 1. The Morgan fingerprint density at radius 2 is 2.18 bits per heavy atom. The second-order valence-electron chi connectivity index (χ2n) is 3.68. The van der Waals surface area contributed by atoms with Crippen molar-refractivity contribution in [2.45, 2.75) is 6.92 Å². The molecule has 1 aliphatic rings. The van der Waals surface area contributed by atoms with E-state index in [1.165, 1.54) is 0 Å². The molecule has 0 saturated heterocycles. The molecule has 0 atom stereocenters. The van der Waals surface area contributed by atoms with Crippen LogP contribution in [0.25, 0.3) is 0 Å². The molecule has 0 bridgehead atoms. The molecule has 3 heteroatoms. The van der Waals surface area contributed by atoms with Gasteiger partial charge in [0, 0.05) is 11.1 Å². The van der Waals surface area contributed by atoms with Gasteiger partial charge in [0.15, 0.2) is 0 Å². The van der Waals surface area contributed by atoms with Gasteiger partial charge in [-0.05, 0) is 32.7 Å². The van der Waals surface area contributed by atoms with Gasteiger partial charge in [-0.3, -0.25) is 4.79 Å². The van der Waals surface area contributed by atoms with Gasteiger partial charge >= 0.3 is 0 Å². The van der Waals surface area contributed by atoms with Gasteiger partial charge in [0.1, 0.15) is 18.6 Å². The summed E-state index contributed by atoms with van der Waals surface area (Å²) in [5.41, 5.74) is 2.87. The fourth-order valence-corrected chi connectivity index (χ4v) is 3.27. The van der Waals surface area contributed by atoms with Crippen LogP contribution in [0.5, 0.6) is 5.75 Å². The standard InChI is InChI=1S/C14H13IO2/c1-11-4-2-3-5-14(11)17-10-13-8-15-7-6-12(13)9-16/h2-9H,10H2,1H3. The van der Waals surface area contributed by atoms with Crippen LogP contribution in [0, 0.1) is 6.92 Å². The highest BCUT2D eigenvalue weighted by Gasteiger charge is 2.05. The SMILES string of the molecule is Cc1ccccc1OCC1=C(C=O)C=CI=C1. The Morgan fingerprint density at radius 1 is 1.35 bits per heavy atom. The summed E-state index contributed by atoms with van der Waals surface area (Å²) >= 11 is -0.0516. The van der Waals surface area contributed by atoms with E-state index in [0.29, 0.717) is 6.61 Å². The Labute approximate surface area is 111 Å². The highest BCUT2D eigenvalue weighted by Crippen LogP contribution is 2.19. The summed E-state index contributed by atoms with van der Waals surface area (Å²) in [6.07, 6.45) is 2.79. The topological polar surface area (TPSA) is 26.3 Å². The Kier molecular flexibility index (Phi) is 4.25. The van der Waals surface area contributed by atoms with E-state index in [-0.39, 0.29) is 20.7 Å². The lowest BCUT2D eigenvalue weighted by Crippen LogP contribution is -2.06. The predicted octanol–water partition coefficient (Wildman–Crippen LogP) is 3.17. The average molecular weight is 340 g/mol. The molecule has 2 rings (SSSR count). The van der Waals surface area contributed by atoms with E-state index in [2.05, 4.69) is 8.09 Å². The second-order valence-corrected chi connectivity index (χ2v) is 5.74. The fraction of sp³-hybridized carbons (Fsp3) is 0.143. The minimum absolute atomic E-state index is 0.0516. The van der Waals surface area contributed by atoms with Gasteiger partial charge in [-0.25, -0.2) is 0 Å². The summed E-state index contributed by atoms with van der Waals surface area (Å²) in [6, 6.07) is 7.90. The van der Waals surface area contributed by atoms with Gasteiger partial charge < -0.3 is 4.74 Å². The molecule has 0 aliphatic carbocycles. The predicted molar refractivity (Wildman–Crippen MR) is 79.0 cm³/mol. The minimum atomic E-state index is -0.0516. The number of hydrogen-bond acceptors (Lipinski definition) is 2. The van der Waals surface area contributed by atoms with Crippen molar-refractivity contribution in [1.82, 2.24) is 0 Å².